The summed E-state index contributed by atoms with van der Waals surface area (Å²) in [4.78, 5) is 9.94. The van der Waals surface area contributed by atoms with Crippen LogP contribution in [-0.2, 0) is 0 Å². The number of aromatic nitrogens is 2. The SMILES string of the molecule is c1ccc(N2CCN(c3nnc(N4CCN5CCC[C@H]5C4)s3)CC2)cc1. The molecule has 138 valence electrons. The van der Waals surface area contributed by atoms with Crippen LogP contribution in [0.15, 0.2) is 30.3 Å². The zero-order valence-electron chi connectivity index (χ0n) is 15.1. The van der Waals surface area contributed by atoms with Gasteiger partial charge in [0, 0.05) is 57.5 Å². The molecule has 0 unspecified atom stereocenters. The van der Waals surface area contributed by atoms with E-state index in [2.05, 4.69) is 60.1 Å². The molecule has 0 N–H and O–H groups in total. The number of para-hydroxylation sites is 1. The molecule has 3 aliphatic rings. The second-order valence-electron chi connectivity index (χ2n) is 7.45. The van der Waals surface area contributed by atoms with E-state index in [4.69, 9.17) is 0 Å². The third-order valence-corrected chi connectivity index (χ3v) is 6.98. The molecule has 1 aromatic carbocycles. The summed E-state index contributed by atoms with van der Waals surface area (Å²) in [7, 11) is 0. The Kier molecular flexibility index (Phi) is 4.42. The maximum absolute atomic E-state index is 4.53. The molecule has 0 bridgehead atoms. The molecule has 3 fully saturated rings. The highest BCUT2D eigenvalue weighted by Gasteiger charge is 2.32. The Morgan fingerprint density at radius 3 is 2.27 bits per heavy atom. The first-order valence-corrected chi connectivity index (χ1v) is 10.6. The average Bonchev–Trinajstić information content (AvgIpc) is 3.38. The zero-order valence-corrected chi connectivity index (χ0v) is 15.9. The van der Waals surface area contributed by atoms with Crippen molar-refractivity contribution in [3.05, 3.63) is 30.3 Å². The van der Waals surface area contributed by atoms with Crippen molar-refractivity contribution in [2.45, 2.75) is 18.9 Å². The Labute approximate surface area is 159 Å². The highest BCUT2D eigenvalue weighted by molar-refractivity contribution is 7.19. The smallest absolute Gasteiger partial charge is 0.210 e. The summed E-state index contributed by atoms with van der Waals surface area (Å²) in [6, 6.07) is 11.4. The van der Waals surface area contributed by atoms with Gasteiger partial charge in [-0.3, -0.25) is 4.90 Å². The first kappa shape index (κ1) is 16.3. The minimum atomic E-state index is 0.727. The van der Waals surface area contributed by atoms with Gasteiger partial charge < -0.3 is 14.7 Å². The lowest BCUT2D eigenvalue weighted by atomic mass is 10.2. The summed E-state index contributed by atoms with van der Waals surface area (Å²) in [5, 5.41) is 11.2. The van der Waals surface area contributed by atoms with Crippen LogP contribution in [0.4, 0.5) is 16.0 Å². The number of hydrogen-bond donors (Lipinski definition) is 0. The third-order valence-electron chi connectivity index (χ3n) is 5.93. The lowest BCUT2D eigenvalue weighted by Crippen LogP contribution is -2.50. The first-order valence-electron chi connectivity index (χ1n) is 9.74. The Hall–Kier alpha value is -1.86. The van der Waals surface area contributed by atoms with Gasteiger partial charge in [0.25, 0.3) is 0 Å². The van der Waals surface area contributed by atoms with Crippen LogP contribution in [0.1, 0.15) is 12.8 Å². The normalized spacial score (nSPS) is 24.2. The third kappa shape index (κ3) is 3.14. The molecule has 0 amide bonds. The highest BCUT2D eigenvalue weighted by Crippen LogP contribution is 2.31. The first-order chi connectivity index (χ1) is 12.9. The number of anilines is 3. The fraction of sp³-hybridized carbons (Fsp3) is 0.579. The molecule has 3 saturated heterocycles. The Balaban J connectivity index is 1.21. The van der Waals surface area contributed by atoms with Crippen molar-refractivity contribution in [3.63, 3.8) is 0 Å². The molecule has 1 aromatic heterocycles. The number of rotatable bonds is 3. The van der Waals surface area contributed by atoms with Crippen LogP contribution in [0.5, 0.6) is 0 Å². The van der Waals surface area contributed by atoms with Crippen molar-refractivity contribution >= 4 is 27.3 Å². The Morgan fingerprint density at radius 1 is 0.769 bits per heavy atom. The average molecular weight is 371 g/mol. The van der Waals surface area contributed by atoms with Crippen molar-refractivity contribution in [2.24, 2.45) is 0 Å². The number of fused-ring (bicyclic) bond motifs is 1. The summed E-state index contributed by atoms with van der Waals surface area (Å²) in [5.41, 5.74) is 1.32. The van der Waals surface area contributed by atoms with Gasteiger partial charge in [0.1, 0.15) is 0 Å². The van der Waals surface area contributed by atoms with E-state index in [0.29, 0.717) is 0 Å². The lowest BCUT2D eigenvalue weighted by molar-refractivity contribution is 0.231. The van der Waals surface area contributed by atoms with Gasteiger partial charge in [0.2, 0.25) is 10.3 Å². The van der Waals surface area contributed by atoms with Crippen molar-refractivity contribution < 1.29 is 0 Å². The van der Waals surface area contributed by atoms with Crippen LogP contribution in [0, 0.1) is 0 Å². The molecule has 3 aliphatic heterocycles. The maximum Gasteiger partial charge on any atom is 0.210 e. The van der Waals surface area contributed by atoms with E-state index in [-0.39, 0.29) is 0 Å². The van der Waals surface area contributed by atoms with Crippen molar-refractivity contribution in [2.75, 3.05) is 67.1 Å². The predicted molar refractivity (Wildman–Crippen MR) is 108 cm³/mol. The number of hydrogen-bond acceptors (Lipinski definition) is 7. The van der Waals surface area contributed by atoms with E-state index < -0.39 is 0 Å². The van der Waals surface area contributed by atoms with Gasteiger partial charge in [-0.2, -0.15) is 0 Å². The van der Waals surface area contributed by atoms with Crippen LogP contribution in [0.2, 0.25) is 0 Å². The molecule has 0 saturated carbocycles. The second kappa shape index (κ2) is 7.04. The number of benzene rings is 1. The number of piperazine rings is 2. The molecule has 7 heteroatoms. The minimum Gasteiger partial charge on any atom is -0.368 e. The van der Waals surface area contributed by atoms with Crippen LogP contribution in [0.3, 0.4) is 0 Å². The van der Waals surface area contributed by atoms with Gasteiger partial charge in [-0.1, -0.05) is 29.5 Å². The molecule has 4 heterocycles. The van der Waals surface area contributed by atoms with E-state index in [0.717, 1.165) is 55.6 Å². The van der Waals surface area contributed by atoms with Crippen LogP contribution in [-0.4, -0.2) is 73.5 Å². The van der Waals surface area contributed by atoms with Gasteiger partial charge in [-0.15, -0.1) is 10.2 Å². The molecule has 0 spiro atoms. The van der Waals surface area contributed by atoms with Gasteiger partial charge in [-0.25, -0.2) is 0 Å². The largest absolute Gasteiger partial charge is 0.368 e. The summed E-state index contributed by atoms with van der Waals surface area (Å²) in [6.07, 6.45) is 2.69. The summed E-state index contributed by atoms with van der Waals surface area (Å²) in [5.74, 6) is 0. The van der Waals surface area contributed by atoms with Gasteiger partial charge in [0.15, 0.2) is 0 Å². The van der Waals surface area contributed by atoms with E-state index in [1.54, 1.807) is 11.3 Å². The van der Waals surface area contributed by atoms with E-state index in [1.807, 2.05) is 0 Å². The van der Waals surface area contributed by atoms with Gasteiger partial charge >= 0.3 is 0 Å². The van der Waals surface area contributed by atoms with Gasteiger partial charge in [0.05, 0.1) is 0 Å². The molecule has 6 nitrogen and oxygen atoms in total. The summed E-state index contributed by atoms with van der Waals surface area (Å²) >= 11 is 1.77. The summed E-state index contributed by atoms with van der Waals surface area (Å²) < 4.78 is 0. The molecule has 0 aliphatic carbocycles. The van der Waals surface area contributed by atoms with Crippen LogP contribution >= 0.6 is 11.3 Å². The molecule has 2 aromatic rings. The zero-order chi connectivity index (χ0) is 17.3. The van der Waals surface area contributed by atoms with Crippen molar-refractivity contribution in [1.82, 2.24) is 15.1 Å². The van der Waals surface area contributed by atoms with Gasteiger partial charge in [-0.05, 0) is 31.5 Å². The fourth-order valence-electron chi connectivity index (χ4n) is 4.42. The monoisotopic (exact) mass is 370 g/mol. The van der Waals surface area contributed by atoms with E-state index in [1.165, 1.54) is 31.6 Å². The fourth-order valence-corrected chi connectivity index (χ4v) is 5.36. The Morgan fingerprint density at radius 2 is 1.46 bits per heavy atom. The summed E-state index contributed by atoms with van der Waals surface area (Å²) in [6.45, 7) is 8.78. The van der Waals surface area contributed by atoms with Crippen LogP contribution < -0.4 is 14.7 Å². The lowest BCUT2D eigenvalue weighted by Gasteiger charge is -2.37. The standard InChI is InChI=1S/C19H26N6S/c1-2-5-16(6-3-1)23-9-12-24(13-10-23)18-20-21-19(26-18)25-14-11-22-8-4-7-17(22)15-25/h1-3,5-6,17H,4,7-15H2/t17-/m0/s1. The Bertz CT molecular complexity index is 727. The topological polar surface area (TPSA) is 38.7 Å². The minimum absolute atomic E-state index is 0.727. The van der Waals surface area contributed by atoms with Crippen molar-refractivity contribution in [1.29, 1.82) is 0 Å². The molecule has 1 atom stereocenters. The van der Waals surface area contributed by atoms with E-state index in [9.17, 15) is 0 Å². The molecular weight excluding hydrogens is 344 g/mol. The highest BCUT2D eigenvalue weighted by atomic mass is 32.1. The van der Waals surface area contributed by atoms with E-state index >= 15 is 0 Å². The second-order valence-corrected chi connectivity index (χ2v) is 8.39. The quantitative estimate of drug-likeness (QED) is 0.824. The maximum atomic E-state index is 4.53. The number of nitrogens with zero attached hydrogens (tertiary/aromatic N) is 6. The van der Waals surface area contributed by atoms with Crippen molar-refractivity contribution in [3.8, 4) is 0 Å². The predicted octanol–water partition coefficient (Wildman–Crippen LogP) is 2.15. The molecular formula is C19H26N6S. The van der Waals surface area contributed by atoms with Crippen LogP contribution in [0.25, 0.3) is 0 Å². The molecule has 0 radical (unpaired) electrons. The molecule has 5 rings (SSSR count). The molecule has 26 heavy (non-hydrogen) atoms.